The van der Waals surface area contributed by atoms with Crippen molar-refractivity contribution in [1.29, 1.82) is 10.5 Å². The zero-order valence-corrected chi connectivity index (χ0v) is 18.1. The van der Waals surface area contributed by atoms with Crippen molar-refractivity contribution in [3.8, 4) is 23.6 Å². The third-order valence-electron chi connectivity index (χ3n) is 4.95. The van der Waals surface area contributed by atoms with E-state index < -0.39 is 21.1 Å². The van der Waals surface area contributed by atoms with Gasteiger partial charge in [-0.15, -0.1) is 0 Å². The fourth-order valence-corrected chi connectivity index (χ4v) is 12.2. The summed E-state index contributed by atoms with van der Waals surface area (Å²) >= 11 is -3.96. The molecule has 0 unspecified atom stereocenters. The molecule has 0 fully saturated rings. The standard InChI is InChI=1S/2C7H5NO.2C5H5.Zr/c2*8-5-6-1-3-7(9)4-2-6;2*1-2-4-5-3-1;/h2*1-4,9H;2*1-5H;/q;;;;+2/p-2. The molecule has 4 rings (SSSR count). The van der Waals surface area contributed by atoms with Crippen LogP contribution in [0, 0.1) is 22.7 Å². The Morgan fingerprint density at radius 2 is 0.931 bits per heavy atom. The fourth-order valence-electron chi connectivity index (χ4n) is 3.48. The van der Waals surface area contributed by atoms with E-state index in [9.17, 15) is 0 Å². The summed E-state index contributed by atoms with van der Waals surface area (Å²) in [4.78, 5) is 0. The Morgan fingerprint density at radius 1 is 0.586 bits per heavy atom. The van der Waals surface area contributed by atoms with E-state index >= 15 is 0 Å². The van der Waals surface area contributed by atoms with Gasteiger partial charge >= 0.3 is 176 Å². The van der Waals surface area contributed by atoms with Crippen molar-refractivity contribution < 1.29 is 26.8 Å². The van der Waals surface area contributed by atoms with Crippen molar-refractivity contribution in [2.75, 3.05) is 0 Å². The van der Waals surface area contributed by atoms with Gasteiger partial charge in [0.05, 0.1) is 0 Å². The van der Waals surface area contributed by atoms with Gasteiger partial charge in [-0.1, -0.05) is 0 Å². The van der Waals surface area contributed by atoms with Crippen LogP contribution < -0.4 is 5.63 Å². The van der Waals surface area contributed by atoms with Crippen molar-refractivity contribution >= 4 is 0 Å². The molecule has 2 aromatic carbocycles. The number of hydrogen-bond donors (Lipinski definition) is 0. The van der Waals surface area contributed by atoms with E-state index in [0.717, 1.165) is 0 Å². The second kappa shape index (κ2) is 8.48. The molecule has 0 radical (unpaired) electrons. The number of benzene rings is 2. The van der Waals surface area contributed by atoms with E-state index in [1.807, 2.05) is 48.6 Å². The molecular weight excluding hydrogens is 440 g/mol. The second-order valence-corrected chi connectivity index (χ2v) is 14.6. The van der Waals surface area contributed by atoms with Crippen LogP contribution in [0.5, 0.6) is 11.5 Å². The van der Waals surface area contributed by atoms with Crippen LogP contribution in [0.3, 0.4) is 0 Å². The summed E-state index contributed by atoms with van der Waals surface area (Å²) in [6.07, 6.45) is 16.7. The number of nitrogens with zero attached hydrogens (tertiary/aromatic N) is 2. The van der Waals surface area contributed by atoms with Gasteiger partial charge in [-0.2, -0.15) is 0 Å². The maximum atomic E-state index is 9.08. The van der Waals surface area contributed by atoms with Gasteiger partial charge in [0.1, 0.15) is 0 Å². The van der Waals surface area contributed by atoms with Gasteiger partial charge in [-0.3, -0.25) is 0 Å². The molecule has 0 heterocycles. The van der Waals surface area contributed by atoms with E-state index in [-0.39, 0.29) is 7.25 Å². The molecule has 0 amide bonds. The van der Waals surface area contributed by atoms with Crippen LogP contribution >= 0.6 is 0 Å². The van der Waals surface area contributed by atoms with Crippen LogP contribution in [0.4, 0.5) is 0 Å². The molecule has 2 aliphatic rings. The molecule has 0 bridgehead atoms. The predicted octanol–water partition coefficient (Wildman–Crippen LogP) is 5.70. The topological polar surface area (TPSA) is 66.0 Å². The molecule has 0 atom stereocenters. The van der Waals surface area contributed by atoms with Gasteiger partial charge in [0.2, 0.25) is 0 Å². The zero-order valence-electron chi connectivity index (χ0n) is 15.6. The van der Waals surface area contributed by atoms with Crippen molar-refractivity contribution in [2.45, 2.75) is 7.25 Å². The van der Waals surface area contributed by atoms with E-state index in [1.54, 1.807) is 24.3 Å². The van der Waals surface area contributed by atoms with E-state index in [2.05, 4.69) is 36.4 Å². The Bertz CT molecular complexity index is 970. The Balaban J connectivity index is 1.76. The van der Waals surface area contributed by atoms with Crippen LogP contribution in [0.25, 0.3) is 0 Å². The van der Waals surface area contributed by atoms with Gasteiger partial charge in [0.25, 0.3) is 0 Å². The van der Waals surface area contributed by atoms with Crippen LogP contribution in [0.2, 0.25) is 7.25 Å². The van der Waals surface area contributed by atoms with Crippen LogP contribution in [-0.2, 0) is 21.1 Å². The van der Waals surface area contributed by atoms with Gasteiger partial charge in [-0.05, 0) is 0 Å². The second-order valence-electron chi connectivity index (χ2n) is 6.79. The zero-order chi connectivity index (χ0) is 20.1. The Labute approximate surface area is 176 Å². The van der Waals surface area contributed by atoms with Gasteiger partial charge in [-0.25, -0.2) is 0 Å². The summed E-state index contributed by atoms with van der Waals surface area (Å²) in [5.74, 6) is 1.41. The monoisotopic (exact) mass is 456 g/mol. The van der Waals surface area contributed by atoms with Gasteiger partial charge in [0, 0.05) is 0 Å². The fraction of sp³-hybridized carbons (Fsp3) is 0.0833. The third-order valence-corrected chi connectivity index (χ3v) is 14.1. The number of hydrogen-bond acceptors (Lipinski definition) is 4. The molecule has 0 saturated carbocycles. The molecule has 0 aliphatic heterocycles. The van der Waals surface area contributed by atoms with E-state index in [1.165, 1.54) is 0 Å². The molecular formula is C24H18N2O2Zr. The Hall–Kier alpha value is -3.14. The SMILES string of the molecule is N#Cc1ccc([O][Zr]([O]c2ccc(C#N)cc2)([CH]2C=CC=C2)[CH]2C=CC=C2)cc1. The van der Waals surface area contributed by atoms with Crippen molar-refractivity contribution in [1.82, 2.24) is 0 Å². The maximum absolute atomic E-state index is 9.08. The molecule has 0 aromatic heterocycles. The van der Waals surface area contributed by atoms with Crippen LogP contribution in [0.1, 0.15) is 11.1 Å². The summed E-state index contributed by atoms with van der Waals surface area (Å²) in [5, 5.41) is 18.2. The minimum absolute atomic E-state index is 0.0768. The summed E-state index contributed by atoms with van der Waals surface area (Å²) < 4.78 is 13.6. The molecule has 29 heavy (non-hydrogen) atoms. The summed E-state index contributed by atoms with van der Waals surface area (Å²) in [5.41, 5.74) is 1.18. The summed E-state index contributed by atoms with van der Waals surface area (Å²) in [6, 6.07) is 18.6. The normalized spacial score (nSPS) is 15.4. The molecule has 0 N–H and O–H groups in total. The number of nitriles is 2. The number of rotatable bonds is 6. The van der Waals surface area contributed by atoms with E-state index in [4.69, 9.17) is 16.2 Å². The summed E-state index contributed by atoms with van der Waals surface area (Å²) in [6.45, 7) is 0. The van der Waals surface area contributed by atoms with Crippen LogP contribution in [0.15, 0.2) is 97.1 Å². The molecule has 5 heteroatoms. The molecule has 0 spiro atoms. The predicted molar refractivity (Wildman–Crippen MR) is 108 cm³/mol. The molecule has 2 aliphatic carbocycles. The molecule has 4 nitrogen and oxygen atoms in total. The van der Waals surface area contributed by atoms with Crippen molar-refractivity contribution in [2.24, 2.45) is 0 Å². The van der Waals surface area contributed by atoms with E-state index in [0.29, 0.717) is 22.6 Å². The summed E-state index contributed by atoms with van der Waals surface area (Å²) in [7, 11) is 0. The first-order valence-electron chi connectivity index (χ1n) is 9.32. The van der Waals surface area contributed by atoms with Gasteiger partial charge in [0.15, 0.2) is 0 Å². The average molecular weight is 458 g/mol. The quantitative estimate of drug-likeness (QED) is 0.558. The first-order chi connectivity index (χ1) is 14.2. The van der Waals surface area contributed by atoms with Crippen molar-refractivity contribution in [3.63, 3.8) is 0 Å². The Kier molecular flexibility index (Phi) is 5.61. The number of allylic oxidation sites excluding steroid dienone is 8. The van der Waals surface area contributed by atoms with Crippen LogP contribution in [-0.4, -0.2) is 0 Å². The van der Waals surface area contributed by atoms with Crippen molar-refractivity contribution in [3.05, 3.63) is 108 Å². The van der Waals surface area contributed by atoms with Gasteiger partial charge < -0.3 is 0 Å². The molecule has 0 saturated heterocycles. The third kappa shape index (κ3) is 4.02. The first kappa shape index (κ1) is 19.2. The minimum atomic E-state index is -3.96. The Morgan fingerprint density at radius 3 is 1.24 bits per heavy atom. The average Bonchev–Trinajstić information content (AvgIpc) is 3.49. The molecule has 140 valence electrons. The first-order valence-corrected chi connectivity index (χ1v) is 14.2. The molecule has 2 aromatic rings.